The van der Waals surface area contributed by atoms with Gasteiger partial charge in [-0.25, -0.2) is 4.98 Å². The normalized spacial score (nSPS) is 10.9. The SMILES string of the molecule is CCOCc1ccc(C)c(Nc2ncc(-c3ccc(-c4ccc[nH]c4=O)cc3)o2)c1. The molecule has 0 unspecified atom stereocenters. The smallest absolute Gasteiger partial charge is 0.299 e. The Bertz CT molecular complexity index is 1190. The van der Waals surface area contributed by atoms with E-state index in [0.717, 1.165) is 27.9 Å². The van der Waals surface area contributed by atoms with Gasteiger partial charge in [-0.15, -0.1) is 0 Å². The van der Waals surface area contributed by atoms with Crippen LogP contribution in [-0.4, -0.2) is 16.6 Å². The van der Waals surface area contributed by atoms with Gasteiger partial charge in [0, 0.05) is 29.6 Å². The molecule has 0 aliphatic carbocycles. The Kier molecular flexibility index (Phi) is 5.77. The highest BCUT2D eigenvalue weighted by Crippen LogP contribution is 2.28. The van der Waals surface area contributed by atoms with Crippen LogP contribution in [0, 0.1) is 6.92 Å². The van der Waals surface area contributed by atoms with Gasteiger partial charge in [0.2, 0.25) is 0 Å². The van der Waals surface area contributed by atoms with Crippen LogP contribution < -0.4 is 10.9 Å². The number of benzene rings is 2. The molecule has 2 aromatic heterocycles. The minimum atomic E-state index is -0.113. The van der Waals surface area contributed by atoms with Crippen molar-refractivity contribution in [3.8, 4) is 22.5 Å². The first-order valence-corrected chi connectivity index (χ1v) is 9.82. The van der Waals surface area contributed by atoms with Crippen LogP contribution in [-0.2, 0) is 11.3 Å². The fraction of sp³-hybridized carbons (Fsp3) is 0.167. The summed E-state index contributed by atoms with van der Waals surface area (Å²) >= 11 is 0. The van der Waals surface area contributed by atoms with Crippen LogP contribution in [0.3, 0.4) is 0 Å². The van der Waals surface area contributed by atoms with Crippen LogP contribution in [0.15, 0.2) is 76.2 Å². The number of aromatic nitrogens is 2. The van der Waals surface area contributed by atoms with Gasteiger partial charge in [0.25, 0.3) is 11.6 Å². The van der Waals surface area contributed by atoms with E-state index < -0.39 is 0 Å². The zero-order valence-corrected chi connectivity index (χ0v) is 16.9. The Morgan fingerprint density at radius 1 is 1.10 bits per heavy atom. The first-order chi connectivity index (χ1) is 14.6. The van der Waals surface area contributed by atoms with Gasteiger partial charge in [0.1, 0.15) is 0 Å². The minimum absolute atomic E-state index is 0.113. The van der Waals surface area contributed by atoms with Crippen molar-refractivity contribution >= 4 is 11.7 Å². The molecule has 0 spiro atoms. The van der Waals surface area contributed by atoms with E-state index in [4.69, 9.17) is 9.15 Å². The number of ether oxygens (including phenoxy) is 1. The van der Waals surface area contributed by atoms with Gasteiger partial charge in [-0.3, -0.25) is 4.79 Å². The number of aryl methyl sites for hydroxylation is 1. The number of nitrogens with zero attached hydrogens (tertiary/aromatic N) is 1. The van der Waals surface area contributed by atoms with Crippen LogP contribution in [0.2, 0.25) is 0 Å². The van der Waals surface area contributed by atoms with Gasteiger partial charge in [0.15, 0.2) is 5.76 Å². The van der Waals surface area contributed by atoms with Gasteiger partial charge >= 0.3 is 0 Å². The third kappa shape index (κ3) is 4.34. The lowest BCUT2D eigenvalue weighted by atomic mass is 10.0. The van der Waals surface area contributed by atoms with E-state index in [1.54, 1.807) is 18.5 Å². The van der Waals surface area contributed by atoms with Crippen molar-refractivity contribution in [3.63, 3.8) is 0 Å². The van der Waals surface area contributed by atoms with Gasteiger partial charge < -0.3 is 19.5 Å². The molecule has 0 bridgehead atoms. The number of hydrogen-bond acceptors (Lipinski definition) is 5. The van der Waals surface area contributed by atoms with Crippen LogP contribution >= 0.6 is 0 Å². The average molecular weight is 401 g/mol. The van der Waals surface area contributed by atoms with E-state index in [2.05, 4.69) is 21.4 Å². The molecule has 6 heteroatoms. The summed E-state index contributed by atoms with van der Waals surface area (Å²) in [6.45, 7) is 5.25. The lowest BCUT2D eigenvalue weighted by Gasteiger charge is -2.09. The lowest BCUT2D eigenvalue weighted by Crippen LogP contribution is -2.06. The summed E-state index contributed by atoms with van der Waals surface area (Å²) in [7, 11) is 0. The maximum Gasteiger partial charge on any atom is 0.299 e. The number of pyridine rings is 1. The first-order valence-electron chi connectivity index (χ1n) is 9.82. The van der Waals surface area contributed by atoms with Crippen molar-refractivity contribution in [2.45, 2.75) is 20.5 Å². The number of rotatable bonds is 7. The van der Waals surface area contributed by atoms with Crippen LogP contribution in [0.1, 0.15) is 18.1 Å². The van der Waals surface area contributed by atoms with Gasteiger partial charge in [-0.05, 0) is 48.7 Å². The van der Waals surface area contributed by atoms with E-state index >= 15 is 0 Å². The molecular formula is C24H23N3O3. The van der Waals surface area contributed by atoms with Gasteiger partial charge in [-0.2, -0.15) is 0 Å². The summed E-state index contributed by atoms with van der Waals surface area (Å²) in [6, 6.07) is 17.8. The molecule has 0 saturated heterocycles. The Morgan fingerprint density at radius 2 is 1.90 bits per heavy atom. The third-order valence-electron chi connectivity index (χ3n) is 4.82. The Morgan fingerprint density at radius 3 is 2.67 bits per heavy atom. The van der Waals surface area contributed by atoms with E-state index in [9.17, 15) is 4.79 Å². The van der Waals surface area contributed by atoms with E-state index in [1.165, 1.54) is 0 Å². The highest BCUT2D eigenvalue weighted by Gasteiger charge is 2.10. The van der Waals surface area contributed by atoms with Crippen molar-refractivity contribution < 1.29 is 9.15 Å². The second kappa shape index (κ2) is 8.80. The Labute approximate surface area is 174 Å². The summed E-state index contributed by atoms with van der Waals surface area (Å²) in [5.74, 6) is 0.647. The average Bonchev–Trinajstić information content (AvgIpc) is 3.23. The van der Waals surface area contributed by atoms with Crippen molar-refractivity contribution in [1.29, 1.82) is 0 Å². The maximum absolute atomic E-state index is 12.0. The monoisotopic (exact) mass is 401 g/mol. The molecule has 0 amide bonds. The van der Waals surface area contributed by atoms with Crippen molar-refractivity contribution in [3.05, 3.63) is 88.5 Å². The van der Waals surface area contributed by atoms with Gasteiger partial charge in [0.05, 0.1) is 12.8 Å². The fourth-order valence-electron chi connectivity index (χ4n) is 3.16. The van der Waals surface area contributed by atoms with Crippen molar-refractivity contribution in [1.82, 2.24) is 9.97 Å². The summed E-state index contributed by atoms with van der Waals surface area (Å²) < 4.78 is 11.4. The van der Waals surface area contributed by atoms with Crippen LogP contribution in [0.25, 0.3) is 22.5 Å². The van der Waals surface area contributed by atoms with Crippen LogP contribution in [0.4, 0.5) is 11.7 Å². The summed E-state index contributed by atoms with van der Waals surface area (Å²) in [6.07, 6.45) is 3.31. The molecule has 6 nitrogen and oxygen atoms in total. The maximum atomic E-state index is 12.0. The standard InChI is InChI=1S/C24H23N3O3/c1-3-29-15-17-7-6-16(2)21(13-17)27-24-26-14-22(30-24)19-10-8-18(9-11-19)20-5-4-12-25-23(20)28/h4-14H,3,15H2,1-2H3,(H,25,28)(H,26,27). The zero-order chi connectivity index (χ0) is 20.9. The molecular weight excluding hydrogens is 378 g/mol. The largest absolute Gasteiger partial charge is 0.423 e. The quantitative estimate of drug-likeness (QED) is 0.440. The molecule has 2 aromatic carbocycles. The molecule has 0 saturated carbocycles. The van der Waals surface area contributed by atoms with E-state index in [1.807, 2.05) is 56.3 Å². The molecule has 0 fully saturated rings. The second-order valence-electron chi connectivity index (χ2n) is 6.93. The minimum Gasteiger partial charge on any atom is -0.423 e. The van der Waals surface area contributed by atoms with Gasteiger partial charge in [-0.1, -0.05) is 36.4 Å². The number of nitrogens with one attached hydrogen (secondary N) is 2. The summed E-state index contributed by atoms with van der Waals surface area (Å²) in [5.41, 5.74) is 5.35. The lowest BCUT2D eigenvalue weighted by molar-refractivity contribution is 0.134. The van der Waals surface area contributed by atoms with Crippen LogP contribution in [0.5, 0.6) is 0 Å². The number of aromatic amines is 1. The highest BCUT2D eigenvalue weighted by molar-refractivity contribution is 5.68. The fourth-order valence-corrected chi connectivity index (χ4v) is 3.16. The molecule has 152 valence electrons. The molecule has 0 aliphatic heterocycles. The predicted molar refractivity (Wildman–Crippen MR) is 118 cm³/mol. The molecule has 30 heavy (non-hydrogen) atoms. The number of H-pyrrole nitrogens is 1. The number of hydrogen-bond donors (Lipinski definition) is 2. The Hall–Kier alpha value is -3.64. The first kappa shape index (κ1) is 19.7. The third-order valence-corrected chi connectivity index (χ3v) is 4.82. The van der Waals surface area contributed by atoms with Crippen molar-refractivity contribution in [2.24, 2.45) is 0 Å². The molecule has 0 atom stereocenters. The Balaban J connectivity index is 1.52. The van der Waals surface area contributed by atoms with E-state index in [-0.39, 0.29) is 5.56 Å². The molecule has 0 aliphatic rings. The molecule has 4 aromatic rings. The number of oxazole rings is 1. The summed E-state index contributed by atoms with van der Waals surface area (Å²) in [4.78, 5) is 19.0. The zero-order valence-electron chi connectivity index (χ0n) is 16.9. The predicted octanol–water partition coefficient (Wildman–Crippen LogP) is 5.29. The molecule has 2 N–H and O–H groups in total. The number of anilines is 2. The van der Waals surface area contributed by atoms with Crippen molar-refractivity contribution in [2.75, 3.05) is 11.9 Å². The molecule has 4 rings (SSSR count). The molecule has 0 radical (unpaired) electrons. The topological polar surface area (TPSA) is 80.1 Å². The summed E-state index contributed by atoms with van der Waals surface area (Å²) in [5, 5.41) is 3.25. The second-order valence-corrected chi connectivity index (χ2v) is 6.93. The van der Waals surface area contributed by atoms with E-state index in [0.29, 0.717) is 30.6 Å². The highest BCUT2D eigenvalue weighted by atomic mass is 16.5. The molecule has 2 heterocycles.